The molecule has 1 fully saturated rings. The predicted molar refractivity (Wildman–Crippen MR) is 97.2 cm³/mol. The van der Waals surface area contributed by atoms with E-state index in [1.165, 1.54) is 4.90 Å². The van der Waals surface area contributed by atoms with Crippen LogP contribution in [0, 0.1) is 0 Å². The van der Waals surface area contributed by atoms with Crippen molar-refractivity contribution in [2.45, 2.75) is 0 Å². The van der Waals surface area contributed by atoms with Crippen molar-refractivity contribution in [1.29, 1.82) is 0 Å². The Morgan fingerprint density at radius 3 is 2.50 bits per heavy atom. The maximum Gasteiger partial charge on any atom is 0.281 e. The van der Waals surface area contributed by atoms with Gasteiger partial charge in [-0.3, -0.25) is 14.7 Å². The number of aromatic nitrogens is 2. The van der Waals surface area contributed by atoms with Crippen LogP contribution in [-0.4, -0.2) is 21.0 Å². The third-order valence-electron chi connectivity index (χ3n) is 3.65. The quantitative estimate of drug-likeness (QED) is 0.578. The summed E-state index contributed by atoms with van der Waals surface area (Å²) < 4.78 is 0. The van der Waals surface area contributed by atoms with Crippen LogP contribution in [0.3, 0.4) is 0 Å². The van der Waals surface area contributed by atoms with Gasteiger partial charge in [0.2, 0.25) is 0 Å². The summed E-state index contributed by atoms with van der Waals surface area (Å²) in [6.45, 7) is 0. The number of nitrogens with zero attached hydrogens (tertiary/aromatic N) is 3. The molecule has 1 aromatic heterocycles. The Kier molecular flexibility index (Phi) is 3.51. The molecule has 116 valence electrons. The molecule has 24 heavy (non-hydrogen) atoms. The fourth-order valence-corrected chi connectivity index (χ4v) is 2.83. The molecular formula is C18H12N4OS. The highest BCUT2D eigenvalue weighted by Crippen LogP contribution is 2.22. The number of amides is 1. The second-order valence-corrected chi connectivity index (χ2v) is 5.63. The van der Waals surface area contributed by atoms with Gasteiger partial charge < -0.3 is 5.32 Å². The van der Waals surface area contributed by atoms with Crippen LogP contribution in [0.2, 0.25) is 0 Å². The van der Waals surface area contributed by atoms with Crippen molar-refractivity contribution in [3.8, 4) is 0 Å². The Morgan fingerprint density at radius 1 is 1.00 bits per heavy atom. The van der Waals surface area contributed by atoms with Crippen molar-refractivity contribution in [3.05, 3.63) is 72.2 Å². The van der Waals surface area contributed by atoms with Gasteiger partial charge in [0.1, 0.15) is 5.70 Å². The maximum absolute atomic E-state index is 12.6. The van der Waals surface area contributed by atoms with Crippen LogP contribution in [0.4, 0.5) is 5.69 Å². The number of hydrogen-bond donors (Lipinski definition) is 1. The summed E-state index contributed by atoms with van der Waals surface area (Å²) >= 11 is 5.29. The first-order valence-corrected chi connectivity index (χ1v) is 7.77. The fraction of sp³-hybridized carbons (Fsp3) is 0. The van der Waals surface area contributed by atoms with Gasteiger partial charge in [-0.05, 0) is 42.6 Å². The van der Waals surface area contributed by atoms with Crippen LogP contribution in [0.1, 0.15) is 5.69 Å². The number of para-hydroxylation sites is 3. The standard InChI is InChI=1S/C18H12N4OS/c23-17-16(21-18(24)22(17)13-6-2-1-3-7-13)10-12-11-19-14-8-4-5-9-15(14)20-12/h1-11H,(H,21,24)/b16-10-. The Hall–Kier alpha value is -3.12. The van der Waals surface area contributed by atoms with E-state index in [0.29, 0.717) is 16.5 Å². The minimum atomic E-state index is -0.207. The van der Waals surface area contributed by atoms with E-state index < -0.39 is 0 Å². The van der Waals surface area contributed by atoms with Crippen LogP contribution < -0.4 is 10.2 Å². The Morgan fingerprint density at radius 2 is 1.71 bits per heavy atom. The fourth-order valence-electron chi connectivity index (χ4n) is 2.54. The zero-order chi connectivity index (χ0) is 16.5. The van der Waals surface area contributed by atoms with Crippen LogP contribution in [-0.2, 0) is 4.79 Å². The normalized spacial score (nSPS) is 16.0. The molecule has 3 aromatic rings. The van der Waals surface area contributed by atoms with Crippen LogP contribution in [0.25, 0.3) is 17.1 Å². The van der Waals surface area contributed by atoms with E-state index in [0.717, 1.165) is 16.7 Å². The number of benzene rings is 2. The van der Waals surface area contributed by atoms with Gasteiger partial charge in [-0.1, -0.05) is 30.3 Å². The maximum atomic E-state index is 12.6. The predicted octanol–water partition coefficient (Wildman–Crippen LogP) is 2.89. The van der Waals surface area contributed by atoms with Crippen molar-refractivity contribution in [2.24, 2.45) is 0 Å². The van der Waals surface area contributed by atoms with Crippen molar-refractivity contribution >= 4 is 46.0 Å². The molecule has 2 aromatic carbocycles. The molecule has 5 nitrogen and oxygen atoms in total. The lowest BCUT2D eigenvalue weighted by Crippen LogP contribution is -2.30. The van der Waals surface area contributed by atoms with Crippen molar-refractivity contribution in [2.75, 3.05) is 4.90 Å². The second kappa shape index (κ2) is 5.82. The van der Waals surface area contributed by atoms with E-state index in [-0.39, 0.29) is 5.91 Å². The minimum absolute atomic E-state index is 0.207. The Balaban J connectivity index is 1.70. The average molecular weight is 332 g/mol. The number of rotatable bonds is 2. The Labute approximate surface area is 143 Å². The molecule has 2 heterocycles. The van der Waals surface area contributed by atoms with Crippen LogP contribution >= 0.6 is 12.2 Å². The summed E-state index contributed by atoms with van der Waals surface area (Å²) in [5.74, 6) is -0.207. The summed E-state index contributed by atoms with van der Waals surface area (Å²) in [5, 5.41) is 3.30. The molecule has 0 aliphatic carbocycles. The van der Waals surface area contributed by atoms with Gasteiger partial charge in [-0.25, -0.2) is 4.98 Å². The summed E-state index contributed by atoms with van der Waals surface area (Å²) in [4.78, 5) is 23.0. The molecule has 1 saturated heterocycles. The van der Waals surface area contributed by atoms with Gasteiger partial charge >= 0.3 is 0 Å². The van der Waals surface area contributed by atoms with Gasteiger partial charge in [0.15, 0.2) is 5.11 Å². The van der Waals surface area contributed by atoms with Gasteiger partial charge in [-0.15, -0.1) is 0 Å². The van der Waals surface area contributed by atoms with Gasteiger partial charge in [0.05, 0.1) is 28.6 Å². The third kappa shape index (κ3) is 2.53. The highest BCUT2D eigenvalue weighted by Gasteiger charge is 2.31. The molecule has 0 atom stereocenters. The first kappa shape index (κ1) is 14.5. The number of fused-ring (bicyclic) bond motifs is 1. The molecule has 4 rings (SSSR count). The highest BCUT2D eigenvalue weighted by atomic mass is 32.1. The smallest absolute Gasteiger partial charge is 0.281 e. The van der Waals surface area contributed by atoms with Crippen molar-refractivity contribution < 1.29 is 4.79 Å². The van der Waals surface area contributed by atoms with Crippen LogP contribution in [0.5, 0.6) is 0 Å². The molecule has 1 amide bonds. The second-order valence-electron chi connectivity index (χ2n) is 5.25. The minimum Gasteiger partial charge on any atom is -0.327 e. The summed E-state index contributed by atoms with van der Waals surface area (Å²) in [6, 6.07) is 16.9. The van der Waals surface area contributed by atoms with E-state index in [1.54, 1.807) is 12.3 Å². The van der Waals surface area contributed by atoms with E-state index >= 15 is 0 Å². The molecule has 6 heteroatoms. The Bertz CT molecular complexity index is 984. The molecule has 0 spiro atoms. The van der Waals surface area contributed by atoms with Crippen molar-refractivity contribution in [1.82, 2.24) is 15.3 Å². The van der Waals surface area contributed by atoms with Gasteiger partial charge in [0, 0.05) is 0 Å². The third-order valence-corrected chi connectivity index (χ3v) is 3.94. The SMILES string of the molecule is O=C1/C(=C/c2cnc3ccccc3n2)NC(=S)N1c1ccccc1. The number of hydrogen-bond acceptors (Lipinski definition) is 4. The summed E-state index contributed by atoms with van der Waals surface area (Å²) in [7, 11) is 0. The lowest BCUT2D eigenvalue weighted by molar-refractivity contribution is -0.113. The van der Waals surface area contributed by atoms with E-state index in [1.807, 2.05) is 54.6 Å². The zero-order valence-corrected chi connectivity index (χ0v) is 13.3. The average Bonchev–Trinajstić information content (AvgIpc) is 2.89. The molecule has 0 saturated carbocycles. The van der Waals surface area contributed by atoms with E-state index in [4.69, 9.17) is 12.2 Å². The first-order chi connectivity index (χ1) is 11.7. The van der Waals surface area contributed by atoms with E-state index in [9.17, 15) is 4.79 Å². The topological polar surface area (TPSA) is 58.1 Å². The van der Waals surface area contributed by atoms with Gasteiger partial charge in [0.25, 0.3) is 5.91 Å². The first-order valence-electron chi connectivity index (χ1n) is 7.36. The van der Waals surface area contributed by atoms with E-state index in [2.05, 4.69) is 15.3 Å². The molecule has 0 radical (unpaired) electrons. The zero-order valence-electron chi connectivity index (χ0n) is 12.5. The number of carbonyl (C=O) groups is 1. The molecule has 1 N–H and O–H groups in total. The molecule has 1 aliphatic rings. The molecule has 1 aliphatic heterocycles. The molecule has 0 bridgehead atoms. The molecular weight excluding hydrogens is 320 g/mol. The lowest BCUT2D eigenvalue weighted by Gasteiger charge is -2.13. The largest absolute Gasteiger partial charge is 0.327 e. The number of anilines is 1. The summed E-state index contributed by atoms with van der Waals surface area (Å²) in [6.07, 6.45) is 3.30. The highest BCUT2D eigenvalue weighted by molar-refractivity contribution is 7.80. The van der Waals surface area contributed by atoms with Crippen LogP contribution in [0.15, 0.2) is 66.5 Å². The number of carbonyl (C=O) groups excluding carboxylic acids is 1. The molecule has 0 unspecified atom stereocenters. The number of thiocarbonyl (C=S) groups is 1. The van der Waals surface area contributed by atoms with Crippen molar-refractivity contribution in [3.63, 3.8) is 0 Å². The lowest BCUT2D eigenvalue weighted by atomic mass is 10.2. The summed E-state index contributed by atoms with van der Waals surface area (Å²) in [5.41, 5.74) is 3.30. The monoisotopic (exact) mass is 332 g/mol. The van der Waals surface area contributed by atoms with Gasteiger partial charge in [-0.2, -0.15) is 0 Å². The number of nitrogens with one attached hydrogen (secondary N) is 1.